The summed E-state index contributed by atoms with van der Waals surface area (Å²) in [5.74, 6) is -0.227. The van der Waals surface area contributed by atoms with Gasteiger partial charge in [0.05, 0.1) is 17.0 Å². The molecule has 3 aromatic heterocycles. The molecule has 1 aromatic carbocycles. The molecule has 4 rings (SSSR count). The molecule has 0 saturated carbocycles. The number of amides is 1. The molecule has 1 amide bonds. The third-order valence-corrected chi connectivity index (χ3v) is 5.72. The first-order valence-corrected chi connectivity index (χ1v) is 9.86. The first-order valence-electron chi connectivity index (χ1n) is 8.98. The lowest BCUT2D eigenvalue weighted by molar-refractivity contribution is 0.102. The Balaban J connectivity index is 1.60. The number of hydrogen-bond donors (Lipinski definition) is 1. The number of nitrogens with zero attached hydrogens (tertiary/aromatic N) is 4. The van der Waals surface area contributed by atoms with Crippen molar-refractivity contribution in [2.45, 2.75) is 27.7 Å². The summed E-state index contributed by atoms with van der Waals surface area (Å²) in [6.07, 6.45) is 1.57. The van der Waals surface area contributed by atoms with Crippen molar-refractivity contribution in [3.8, 4) is 11.3 Å². The Hall–Kier alpha value is -3.06. The second kappa shape index (κ2) is 6.83. The van der Waals surface area contributed by atoms with Crippen LogP contribution in [0.1, 0.15) is 32.7 Å². The van der Waals surface area contributed by atoms with E-state index in [2.05, 4.69) is 53.3 Å². The van der Waals surface area contributed by atoms with Gasteiger partial charge in [-0.2, -0.15) is 5.10 Å². The Labute approximate surface area is 167 Å². The zero-order chi connectivity index (χ0) is 20.0. The molecular weight excluding hydrogens is 370 g/mol. The van der Waals surface area contributed by atoms with E-state index in [-0.39, 0.29) is 5.91 Å². The number of aryl methyl sites for hydroxylation is 5. The summed E-state index contributed by atoms with van der Waals surface area (Å²) >= 11 is 1.42. The number of fused-ring (bicyclic) bond motifs is 1. The van der Waals surface area contributed by atoms with Crippen molar-refractivity contribution in [1.82, 2.24) is 19.7 Å². The van der Waals surface area contributed by atoms with Gasteiger partial charge in [0.25, 0.3) is 5.91 Å². The molecule has 4 aromatic rings. The number of aromatic nitrogens is 4. The van der Waals surface area contributed by atoms with Crippen LogP contribution in [0, 0.1) is 27.7 Å². The maximum Gasteiger partial charge on any atom is 0.259 e. The molecule has 0 fully saturated rings. The molecule has 0 atom stereocenters. The van der Waals surface area contributed by atoms with Gasteiger partial charge in [-0.15, -0.1) is 11.3 Å². The van der Waals surface area contributed by atoms with E-state index in [0.717, 1.165) is 28.0 Å². The Bertz CT molecular complexity index is 1220. The van der Waals surface area contributed by atoms with Crippen LogP contribution in [-0.2, 0) is 7.05 Å². The van der Waals surface area contributed by atoms with Crippen LogP contribution in [0.15, 0.2) is 29.8 Å². The van der Waals surface area contributed by atoms with Crippen LogP contribution in [0.25, 0.3) is 22.3 Å². The van der Waals surface area contributed by atoms with E-state index >= 15 is 0 Å². The number of nitrogens with one attached hydrogen (secondary N) is 1. The lowest BCUT2D eigenvalue weighted by Gasteiger charge is -2.07. The quantitative estimate of drug-likeness (QED) is 0.555. The fourth-order valence-corrected chi connectivity index (χ4v) is 4.00. The smallest absolute Gasteiger partial charge is 0.259 e. The predicted molar refractivity (Wildman–Crippen MR) is 113 cm³/mol. The highest BCUT2D eigenvalue weighted by molar-refractivity contribution is 7.14. The summed E-state index contributed by atoms with van der Waals surface area (Å²) in [6, 6.07) is 6.13. The Morgan fingerprint density at radius 1 is 1.07 bits per heavy atom. The molecule has 142 valence electrons. The molecule has 0 bridgehead atoms. The minimum Gasteiger partial charge on any atom is -0.298 e. The zero-order valence-electron chi connectivity index (χ0n) is 16.5. The van der Waals surface area contributed by atoms with E-state index in [1.165, 1.54) is 28.0 Å². The van der Waals surface area contributed by atoms with Crippen LogP contribution in [-0.4, -0.2) is 25.7 Å². The van der Waals surface area contributed by atoms with Crippen molar-refractivity contribution in [3.05, 3.63) is 57.7 Å². The molecule has 6 nitrogen and oxygen atoms in total. The maximum atomic E-state index is 12.7. The number of carbonyl (C=O) groups excluding carboxylic acids is 1. The minimum atomic E-state index is -0.227. The van der Waals surface area contributed by atoms with E-state index in [1.807, 2.05) is 25.4 Å². The lowest BCUT2D eigenvalue weighted by atomic mass is 9.99. The van der Waals surface area contributed by atoms with Crippen LogP contribution >= 0.6 is 11.3 Å². The monoisotopic (exact) mass is 391 g/mol. The second-order valence-electron chi connectivity index (χ2n) is 7.05. The van der Waals surface area contributed by atoms with Crippen molar-refractivity contribution in [2.24, 2.45) is 7.05 Å². The molecule has 7 heteroatoms. The first kappa shape index (κ1) is 18.3. The summed E-state index contributed by atoms with van der Waals surface area (Å²) in [5, 5.41) is 10.6. The van der Waals surface area contributed by atoms with Gasteiger partial charge in [0, 0.05) is 29.6 Å². The van der Waals surface area contributed by atoms with Gasteiger partial charge in [0.2, 0.25) is 0 Å². The number of thiazole rings is 1. The van der Waals surface area contributed by atoms with E-state index in [0.29, 0.717) is 10.7 Å². The summed E-state index contributed by atoms with van der Waals surface area (Å²) in [5.41, 5.74) is 7.73. The molecule has 0 aliphatic carbocycles. The topological polar surface area (TPSA) is 72.7 Å². The molecule has 0 aliphatic heterocycles. The largest absolute Gasteiger partial charge is 0.298 e. The Kier molecular flexibility index (Phi) is 4.47. The van der Waals surface area contributed by atoms with Crippen LogP contribution in [0.3, 0.4) is 0 Å². The second-order valence-corrected chi connectivity index (χ2v) is 7.91. The fraction of sp³-hybridized carbons (Fsp3) is 0.238. The van der Waals surface area contributed by atoms with Gasteiger partial charge in [0.1, 0.15) is 0 Å². The summed E-state index contributed by atoms with van der Waals surface area (Å²) in [6.45, 7) is 8.19. The SMILES string of the molecule is Cc1cc(C)c(-c2csc(NC(=O)c3cnc4c(c3)c(C)nn4C)n2)cc1C. The molecule has 0 radical (unpaired) electrons. The van der Waals surface area contributed by atoms with E-state index in [4.69, 9.17) is 0 Å². The number of rotatable bonds is 3. The lowest BCUT2D eigenvalue weighted by Crippen LogP contribution is -2.12. The third-order valence-electron chi connectivity index (χ3n) is 4.97. The van der Waals surface area contributed by atoms with Crippen LogP contribution < -0.4 is 5.32 Å². The molecule has 0 unspecified atom stereocenters. The molecule has 28 heavy (non-hydrogen) atoms. The van der Waals surface area contributed by atoms with E-state index in [1.54, 1.807) is 10.9 Å². The summed E-state index contributed by atoms with van der Waals surface area (Å²) < 4.78 is 1.71. The van der Waals surface area contributed by atoms with Gasteiger partial charge in [-0.05, 0) is 56.5 Å². The summed E-state index contributed by atoms with van der Waals surface area (Å²) in [7, 11) is 1.84. The zero-order valence-corrected chi connectivity index (χ0v) is 17.3. The number of hydrogen-bond acceptors (Lipinski definition) is 5. The average molecular weight is 392 g/mol. The maximum absolute atomic E-state index is 12.7. The number of carbonyl (C=O) groups is 1. The van der Waals surface area contributed by atoms with Gasteiger partial charge >= 0.3 is 0 Å². The van der Waals surface area contributed by atoms with Crippen LogP contribution in [0.5, 0.6) is 0 Å². The third kappa shape index (κ3) is 3.18. The number of benzene rings is 1. The minimum absolute atomic E-state index is 0.227. The van der Waals surface area contributed by atoms with Gasteiger partial charge < -0.3 is 0 Å². The highest BCUT2D eigenvalue weighted by atomic mass is 32.1. The number of anilines is 1. The average Bonchev–Trinajstić information content (AvgIpc) is 3.22. The highest BCUT2D eigenvalue weighted by Gasteiger charge is 2.14. The van der Waals surface area contributed by atoms with E-state index < -0.39 is 0 Å². The Morgan fingerprint density at radius 3 is 2.61 bits per heavy atom. The van der Waals surface area contributed by atoms with Gasteiger partial charge in [-0.25, -0.2) is 9.97 Å². The van der Waals surface area contributed by atoms with Crippen molar-refractivity contribution >= 4 is 33.4 Å². The van der Waals surface area contributed by atoms with Crippen molar-refractivity contribution in [1.29, 1.82) is 0 Å². The fourth-order valence-electron chi connectivity index (χ4n) is 3.29. The van der Waals surface area contributed by atoms with Crippen LogP contribution in [0.2, 0.25) is 0 Å². The predicted octanol–water partition coefficient (Wildman–Crippen LogP) is 4.58. The summed E-state index contributed by atoms with van der Waals surface area (Å²) in [4.78, 5) is 21.7. The van der Waals surface area contributed by atoms with E-state index in [9.17, 15) is 4.79 Å². The van der Waals surface area contributed by atoms with Gasteiger partial charge in [-0.3, -0.25) is 14.8 Å². The molecule has 0 saturated heterocycles. The Morgan fingerprint density at radius 2 is 1.82 bits per heavy atom. The van der Waals surface area contributed by atoms with Gasteiger partial charge in [0.15, 0.2) is 10.8 Å². The highest BCUT2D eigenvalue weighted by Crippen LogP contribution is 2.29. The standard InChI is InChI=1S/C21H21N5OS/c1-11-6-13(3)16(7-12(11)2)18-10-28-21(23-18)24-20(27)15-8-17-14(4)25-26(5)19(17)22-9-15/h6-10H,1-5H3,(H,23,24,27). The number of pyridine rings is 1. The molecule has 0 aliphatic rings. The van der Waals surface area contributed by atoms with Crippen molar-refractivity contribution in [2.75, 3.05) is 5.32 Å². The first-order chi connectivity index (χ1) is 13.3. The molecule has 1 N–H and O–H groups in total. The molecule has 3 heterocycles. The van der Waals surface area contributed by atoms with Crippen molar-refractivity contribution < 1.29 is 4.79 Å². The molecule has 0 spiro atoms. The van der Waals surface area contributed by atoms with Crippen molar-refractivity contribution in [3.63, 3.8) is 0 Å². The molecular formula is C21H21N5OS. The van der Waals surface area contributed by atoms with Gasteiger partial charge in [-0.1, -0.05) is 6.07 Å². The van der Waals surface area contributed by atoms with Crippen LogP contribution in [0.4, 0.5) is 5.13 Å². The normalized spacial score (nSPS) is 11.2.